The highest BCUT2D eigenvalue weighted by molar-refractivity contribution is 7.15. The second kappa shape index (κ2) is 8.82. The molecular weight excluding hydrogens is 502 g/mol. The molecule has 1 fully saturated rings. The molecule has 0 amide bonds. The van der Waals surface area contributed by atoms with Crippen molar-refractivity contribution in [3.8, 4) is 33.1 Å². The first-order valence-electron chi connectivity index (χ1n) is 12.5. The molecule has 6 heterocycles. The predicted octanol–water partition coefficient (Wildman–Crippen LogP) is 7.05. The summed E-state index contributed by atoms with van der Waals surface area (Å²) in [4.78, 5) is 16.8. The highest BCUT2D eigenvalue weighted by Gasteiger charge is 2.37. The van der Waals surface area contributed by atoms with E-state index in [1.165, 1.54) is 15.3 Å². The Labute approximate surface area is 221 Å². The maximum absolute atomic E-state index is 13.6. The van der Waals surface area contributed by atoms with Crippen molar-refractivity contribution in [2.24, 2.45) is 0 Å². The fourth-order valence-corrected chi connectivity index (χ4v) is 6.18. The van der Waals surface area contributed by atoms with Crippen LogP contribution in [0.4, 0.5) is 8.78 Å². The minimum absolute atomic E-state index is 0.0934. The minimum Gasteiger partial charge on any atom is -0.353 e. The Morgan fingerprint density at radius 2 is 1.95 bits per heavy atom. The Morgan fingerprint density at radius 3 is 2.76 bits per heavy atom. The Kier molecular flexibility index (Phi) is 5.38. The van der Waals surface area contributed by atoms with Crippen LogP contribution in [0.1, 0.15) is 16.9 Å². The number of hydrogen-bond donors (Lipinski definition) is 2. The molecule has 0 atom stereocenters. The molecule has 2 N–H and O–H groups in total. The number of thiophene rings is 1. The summed E-state index contributed by atoms with van der Waals surface area (Å²) in [5.41, 5.74) is 7.31. The Bertz CT molecular complexity index is 1800. The largest absolute Gasteiger partial charge is 0.353 e. The third-order valence-corrected chi connectivity index (χ3v) is 8.15. The molecule has 1 aromatic carbocycles. The molecule has 7 rings (SSSR count). The number of benzene rings is 1. The van der Waals surface area contributed by atoms with Crippen molar-refractivity contribution in [2.75, 3.05) is 13.1 Å². The zero-order valence-electron chi connectivity index (χ0n) is 20.6. The number of rotatable bonds is 5. The van der Waals surface area contributed by atoms with Crippen LogP contribution in [0.3, 0.4) is 0 Å². The van der Waals surface area contributed by atoms with Gasteiger partial charge >= 0.3 is 0 Å². The van der Waals surface area contributed by atoms with Crippen LogP contribution >= 0.6 is 11.3 Å². The average Bonchev–Trinajstić information content (AvgIpc) is 3.69. The van der Waals surface area contributed by atoms with Gasteiger partial charge in [0.1, 0.15) is 5.69 Å². The summed E-state index contributed by atoms with van der Waals surface area (Å²) in [7, 11) is 0. The molecule has 6 aromatic rings. The van der Waals surface area contributed by atoms with Crippen molar-refractivity contribution in [3.63, 3.8) is 0 Å². The van der Waals surface area contributed by atoms with Crippen LogP contribution in [-0.2, 0) is 6.54 Å². The maximum Gasteiger partial charge on any atom is 0.261 e. The lowest BCUT2D eigenvalue weighted by Gasteiger charge is -2.15. The molecule has 0 bridgehead atoms. The summed E-state index contributed by atoms with van der Waals surface area (Å²) in [5.74, 6) is -2.61. The summed E-state index contributed by atoms with van der Waals surface area (Å²) in [6.45, 7) is 2.74. The molecule has 5 aromatic heterocycles. The van der Waals surface area contributed by atoms with E-state index in [2.05, 4.69) is 68.5 Å². The Morgan fingerprint density at radius 1 is 1.03 bits per heavy atom. The topological polar surface area (TPSA) is 73.5 Å². The molecule has 6 nitrogen and oxygen atoms in total. The third kappa shape index (κ3) is 4.17. The number of nitrogens with zero attached hydrogens (tertiary/aromatic N) is 4. The number of hydrogen-bond acceptors (Lipinski definition) is 5. The van der Waals surface area contributed by atoms with E-state index < -0.39 is 5.92 Å². The summed E-state index contributed by atoms with van der Waals surface area (Å²) in [5, 5.41) is 9.81. The zero-order chi connectivity index (χ0) is 25.9. The van der Waals surface area contributed by atoms with E-state index >= 15 is 0 Å². The fourth-order valence-electron chi connectivity index (χ4n) is 5.27. The lowest BCUT2D eigenvalue weighted by molar-refractivity contribution is 0.0115. The number of nitrogens with one attached hydrogen (secondary N) is 2. The predicted molar refractivity (Wildman–Crippen MR) is 147 cm³/mol. The number of aromatic amines is 2. The highest BCUT2D eigenvalue weighted by atomic mass is 32.1. The van der Waals surface area contributed by atoms with Crippen LogP contribution in [0.15, 0.2) is 67.1 Å². The van der Waals surface area contributed by atoms with Gasteiger partial charge in [-0.25, -0.2) is 8.78 Å². The van der Waals surface area contributed by atoms with E-state index in [9.17, 15) is 8.78 Å². The van der Waals surface area contributed by atoms with Gasteiger partial charge in [-0.2, -0.15) is 5.10 Å². The maximum atomic E-state index is 13.6. The number of pyridine rings is 2. The average molecular weight is 527 g/mol. The molecule has 190 valence electrons. The molecular formula is C29H24F2N6S. The second-order valence-electron chi connectivity index (χ2n) is 9.95. The van der Waals surface area contributed by atoms with Crippen LogP contribution in [0.2, 0.25) is 0 Å². The van der Waals surface area contributed by atoms with E-state index in [0.717, 1.165) is 50.0 Å². The Hall–Kier alpha value is -3.95. The SMILES string of the molecule is Cc1ccc(-c2cccc3[nH]c(-c4n[nH]c5cnc(-c6cncc(CN7CCC(F)(F)C7)c6)cc45)cc23)s1. The second-order valence-corrected chi connectivity index (χ2v) is 11.2. The van der Waals surface area contributed by atoms with Crippen LogP contribution < -0.4 is 0 Å². The van der Waals surface area contributed by atoms with Gasteiger partial charge in [0.15, 0.2) is 0 Å². The van der Waals surface area contributed by atoms with Gasteiger partial charge in [-0.1, -0.05) is 12.1 Å². The molecule has 0 unspecified atom stereocenters. The Balaban J connectivity index is 1.24. The minimum atomic E-state index is -2.61. The van der Waals surface area contributed by atoms with Gasteiger partial charge in [-0.05, 0) is 48.9 Å². The molecule has 9 heteroatoms. The first-order valence-corrected chi connectivity index (χ1v) is 13.3. The number of H-pyrrole nitrogens is 2. The van der Waals surface area contributed by atoms with Gasteiger partial charge in [0.25, 0.3) is 5.92 Å². The van der Waals surface area contributed by atoms with Crippen molar-refractivity contribution in [1.82, 2.24) is 30.0 Å². The smallest absolute Gasteiger partial charge is 0.261 e. The molecule has 1 saturated heterocycles. The zero-order valence-corrected chi connectivity index (χ0v) is 21.4. The standard InChI is InChI=1S/C29H24F2N6S/c1-17-5-6-27(38-17)20-3-2-4-23-21(20)10-25(34-23)28-22-11-24(33-14-26(22)35-36-28)19-9-18(12-32-13-19)15-37-8-7-29(30,31)16-37/h2-6,9-14,34H,7-8,15-16H2,1H3,(H,35,36). The number of alkyl halides is 2. The quantitative estimate of drug-likeness (QED) is 0.253. The van der Waals surface area contributed by atoms with Crippen LogP contribution in [0, 0.1) is 6.92 Å². The molecule has 1 aliphatic heterocycles. The van der Waals surface area contributed by atoms with E-state index in [4.69, 9.17) is 0 Å². The summed E-state index contributed by atoms with van der Waals surface area (Å²) >= 11 is 1.79. The number of likely N-dealkylation sites (tertiary alicyclic amines) is 1. The number of halogens is 2. The lowest BCUT2D eigenvalue weighted by Crippen LogP contribution is -2.24. The molecule has 38 heavy (non-hydrogen) atoms. The fraction of sp³-hybridized carbons (Fsp3) is 0.207. The first-order chi connectivity index (χ1) is 18.4. The van der Waals surface area contributed by atoms with Crippen molar-refractivity contribution < 1.29 is 8.78 Å². The molecule has 0 aliphatic carbocycles. The van der Waals surface area contributed by atoms with E-state index in [-0.39, 0.29) is 13.0 Å². The third-order valence-electron chi connectivity index (χ3n) is 7.12. The van der Waals surface area contributed by atoms with Crippen molar-refractivity contribution in [2.45, 2.75) is 25.8 Å². The van der Waals surface area contributed by atoms with Crippen LogP contribution in [0.5, 0.6) is 0 Å². The lowest BCUT2D eigenvalue weighted by atomic mass is 10.1. The molecule has 1 aliphatic rings. The number of aromatic nitrogens is 5. The van der Waals surface area contributed by atoms with Gasteiger partial charge in [0.2, 0.25) is 0 Å². The number of fused-ring (bicyclic) bond motifs is 2. The van der Waals surface area contributed by atoms with Crippen LogP contribution in [0.25, 0.3) is 54.9 Å². The number of aryl methyl sites for hydroxylation is 1. The van der Waals surface area contributed by atoms with Gasteiger partial charge in [-0.15, -0.1) is 11.3 Å². The summed E-state index contributed by atoms with van der Waals surface area (Å²) in [6.07, 6.45) is 5.17. The van der Waals surface area contributed by atoms with Crippen LogP contribution in [-0.4, -0.2) is 49.1 Å². The van der Waals surface area contributed by atoms with Gasteiger partial charge in [-0.3, -0.25) is 20.0 Å². The molecule has 0 radical (unpaired) electrons. The van der Waals surface area contributed by atoms with Crippen molar-refractivity contribution >= 4 is 33.1 Å². The molecule has 0 saturated carbocycles. The van der Waals surface area contributed by atoms with E-state index in [1.54, 1.807) is 34.8 Å². The van der Waals surface area contributed by atoms with Gasteiger partial charge in [0, 0.05) is 69.1 Å². The van der Waals surface area contributed by atoms with Crippen molar-refractivity contribution in [3.05, 3.63) is 77.6 Å². The normalized spacial score (nSPS) is 15.7. The van der Waals surface area contributed by atoms with E-state index in [1.807, 2.05) is 12.1 Å². The van der Waals surface area contributed by atoms with Gasteiger partial charge < -0.3 is 4.98 Å². The summed E-state index contributed by atoms with van der Waals surface area (Å²) in [6, 6.07) is 16.8. The monoisotopic (exact) mass is 526 g/mol. The first kappa shape index (κ1) is 23.2. The molecule has 0 spiro atoms. The van der Waals surface area contributed by atoms with E-state index in [0.29, 0.717) is 13.1 Å². The highest BCUT2D eigenvalue weighted by Crippen LogP contribution is 2.37. The summed E-state index contributed by atoms with van der Waals surface area (Å²) < 4.78 is 27.3. The van der Waals surface area contributed by atoms with Gasteiger partial charge in [0.05, 0.1) is 29.6 Å². The van der Waals surface area contributed by atoms with Crippen molar-refractivity contribution in [1.29, 1.82) is 0 Å².